The summed E-state index contributed by atoms with van der Waals surface area (Å²) >= 11 is 0. The number of alkyl carbamates (subject to hydrolysis) is 1. The minimum absolute atomic E-state index is 0.00140. The van der Waals surface area contributed by atoms with Crippen molar-refractivity contribution in [2.45, 2.75) is 5.92 Å². The minimum Gasteiger partial charge on any atom is -0.449 e. The number of carbonyl (C=O) groups excluding carboxylic acids is 1. The summed E-state index contributed by atoms with van der Waals surface area (Å²) in [4.78, 5) is 12.1. The van der Waals surface area contributed by atoms with Crippen LogP contribution in [0.2, 0.25) is 0 Å². The first-order chi connectivity index (χ1) is 14.7. The number of amides is 1. The highest BCUT2D eigenvalue weighted by Gasteiger charge is 2.28. The standard InChI is InChI=1S/C25H19FN2O2/c26-24-12-11-17(15-27)14-18(24)6-5-13-28-25(29)30-16-23-21-9-3-1-7-19(21)20-8-2-4-10-22(20)23/h1-12,14,23H,13,16H2,(H,28,29). The largest absolute Gasteiger partial charge is 0.449 e. The molecule has 0 heterocycles. The molecule has 1 amide bonds. The fraction of sp³-hybridized carbons (Fsp3) is 0.120. The van der Waals surface area contributed by atoms with Gasteiger partial charge in [-0.3, -0.25) is 0 Å². The van der Waals surface area contributed by atoms with E-state index in [0.717, 1.165) is 11.1 Å². The van der Waals surface area contributed by atoms with Crippen LogP contribution in [0.1, 0.15) is 28.2 Å². The third-order valence-corrected chi connectivity index (χ3v) is 5.13. The molecule has 0 fully saturated rings. The number of benzene rings is 3. The first-order valence-electron chi connectivity index (χ1n) is 9.62. The molecule has 3 aromatic carbocycles. The Bertz CT molecular complexity index is 1120. The number of carbonyl (C=O) groups is 1. The van der Waals surface area contributed by atoms with Crippen molar-refractivity contribution in [3.8, 4) is 17.2 Å². The van der Waals surface area contributed by atoms with Crippen LogP contribution in [0.15, 0.2) is 72.8 Å². The van der Waals surface area contributed by atoms with Crippen LogP contribution in [0.5, 0.6) is 0 Å². The summed E-state index contributed by atoms with van der Waals surface area (Å²) in [6, 6.07) is 22.4. The van der Waals surface area contributed by atoms with Crippen LogP contribution in [0.4, 0.5) is 9.18 Å². The Balaban J connectivity index is 1.34. The molecule has 3 aromatic rings. The van der Waals surface area contributed by atoms with Crippen LogP contribution in [0.3, 0.4) is 0 Å². The lowest BCUT2D eigenvalue weighted by Gasteiger charge is -2.14. The third kappa shape index (κ3) is 3.94. The normalized spacial score (nSPS) is 12.3. The summed E-state index contributed by atoms with van der Waals surface area (Å²) in [6.45, 7) is 0.426. The second kappa shape index (κ2) is 8.62. The van der Waals surface area contributed by atoms with Crippen molar-refractivity contribution in [1.82, 2.24) is 5.32 Å². The maximum Gasteiger partial charge on any atom is 0.407 e. The molecule has 0 saturated carbocycles. The van der Waals surface area contributed by atoms with Gasteiger partial charge in [0.1, 0.15) is 12.4 Å². The molecular formula is C25H19FN2O2. The van der Waals surface area contributed by atoms with Crippen LogP contribution in [0, 0.1) is 17.1 Å². The summed E-state index contributed by atoms with van der Waals surface area (Å²) in [5.41, 5.74) is 5.32. The Hall–Kier alpha value is -3.91. The maximum absolute atomic E-state index is 13.8. The first-order valence-corrected chi connectivity index (χ1v) is 9.62. The van der Waals surface area contributed by atoms with Gasteiger partial charge in [0.15, 0.2) is 0 Å². The lowest BCUT2D eigenvalue weighted by atomic mass is 9.98. The number of nitriles is 1. The fourth-order valence-electron chi connectivity index (χ4n) is 3.72. The Labute approximate surface area is 174 Å². The fourth-order valence-corrected chi connectivity index (χ4v) is 3.72. The van der Waals surface area contributed by atoms with Gasteiger partial charge in [-0.15, -0.1) is 0 Å². The molecular weight excluding hydrogens is 379 g/mol. The summed E-state index contributed by atoms with van der Waals surface area (Å²) in [5, 5.41) is 11.5. The molecule has 148 valence electrons. The third-order valence-electron chi connectivity index (χ3n) is 5.13. The van der Waals surface area contributed by atoms with Gasteiger partial charge in [0, 0.05) is 18.0 Å². The molecule has 0 atom stereocenters. The molecule has 0 radical (unpaired) electrons. The maximum atomic E-state index is 13.8. The molecule has 1 N–H and O–H groups in total. The number of ether oxygens (including phenoxy) is 1. The Kier molecular flexibility index (Phi) is 5.58. The summed E-state index contributed by atoms with van der Waals surface area (Å²) in [7, 11) is 0. The average molecular weight is 398 g/mol. The van der Waals surface area contributed by atoms with E-state index in [-0.39, 0.29) is 19.1 Å². The predicted molar refractivity (Wildman–Crippen MR) is 113 cm³/mol. The quantitative estimate of drug-likeness (QED) is 0.639. The Morgan fingerprint density at radius 2 is 1.73 bits per heavy atom. The lowest BCUT2D eigenvalue weighted by molar-refractivity contribution is 0.144. The van der Waals surface area contributed by atoms with E-state index in [4.69, 9.17) is 10.00 Å². The summed E-state index contributed by atoms with van der Waals surface area (Å²) < 4.78 is 19.2. The van der Waals surface area contributed by atoms with Crippen LogP contribution >= 0.6 is 0 Å². The molecule has 0 aromatic heterocycles. The van der Waals surface area contributed by atoms with Gasteiger partial charge in [-0.2, -0.15) is 5.26 Å². The first kappa shape index (κ1) is 19.4. The van der Waals surface area contributed by atoms with E-state index in [9.17, 15) is 9.18 Å². The smallest absolute Gasteiger partial charge is 0.407 e. The summed E-state index contributed by atoms with van der Waals surface area (Å²) in [5.74, 6) is -0.423. The molecule has 0 spiro atoms. The topological polar surface area (TPSA) is 62.1 Å². The van der Waals surface area contributed by atoms with E-state index in [1.807, 2.05) is 30.3 Å². The highest BCUT2D eigenvalue weighted by molar-refractivity contribution is 5.79. The Morgan fingerprint density at radius 1 is 1.07 bits per heavy atom. The van der Waals surface area contributed by atoms with Gasteiger partial charge in [0.05, 0.1) is 11.6 Å². The number of halogens is 1. The van der Waals surface area contributed by atoms with Crippen molar-refractivity contribution in [1.29, 1.82) is 5.26 Å². The van der Waals surface area contributed by atoms with Gasteiger partial charge in [0.25, 0.3) is 0 Å². The van der Waals surface area contributed by atoms with Gasteiger partial charge >= 0.3 is 6.09 Å². The SMILES string of the molecule is N#Cc1ccc(F)c(C=CCNC(=O)OCC2c3ccccc3-c3ccccc32)c1. The second-order valence-electron chi connectivity index (χ2n) is 6.96. The van der Waals surface area contributed by atoms with Crippen molar-refractivity contribution in [3.63, 3.8) is 0 Å². The molecule has 4 rings (SSSR count). The zero-order valence-electron chi connectivity index (χ0n) is 16.1. The number of rotatable bonds is 5. The van der Waals surface area contributed by atoms with Crippen molar-refractivity contribution in [3.05, 3.63) is 101 Å². The Morgan fingerprint density at radius 3 is 2.40 bits per heavy atom. The molecule has 0 aliphatic heterocycles. The van der Waals surface area contributed by atoms with Gasteiger partial charge < -0.3 is 10.1 Å². The van der Waals surface area contributed by atoms with E-state index in [2.05, 4.69) is 29.6 Å². The van der Waals surface area contributed by atoms with Gasteiger partial charge in [-0.25, -0.2) is 9.18 Å². The van der Waals surface area contributed by atoms with E-state index >= 15 is 0 Å². The predicted octanol–water partition coefficient (Wildman–Crippen LogP) is 5.25. The van der Waals surface area contributed by atoms with E-state index in [1.54, 1.807) is 6.08 Å². The van der Waals surface area contributed by atoms with Gasteiger partial charge in [-0.1, -0.05) is 60.7 Å². The highest BCUT2D eigenvalue weighted by Crippen LogP contribution is 2.44. The second-order valence-corrected chi connectivity index (χ2v) is 6.96. The van der Waals surface area contributed by atoms with Crippen LogP contribution in [0.25, 0.3) is 17.2 Å². The number of nitrogens with zero attached hydrogens (tertiary/aromatic N) is 1. The molecule has 5 heteroatoms. The van der Waals surface area contributed by atoms with E-state index in [1.165, 1.54) is 35.4 Å². The molecule has 1 aliphatic rings. The van der Waals surface area contributed by atoms with Gasteiger partial charge in [-0.05, 0) is 40.5 Å². The number of hydrogen-bond acceptors (Lipinski definition) is 3. The highest BCUT2D eigenvalue weighted by atomic mass is 19.1. The molecule has 0 unspecified atom stereocenters. The van der Waals surface area contributed by atoms with Crippen molar-refractivity contribution in [2.75, 3.05) is 13.2 Å². The number of nitrogens with one attached hydrogen (secondary N) is 1. The van der Waals surface area contributed by atoms with E-state index in [0.29, 0.717) is 11.1 Å². The van der Waals surface area contributed by atoms with Crippen LogP contribution in [-0.4, -0.2) is 19.2 Å². The molecule has 0 bridgehead atoms. The average Bonchev–Trinajstić information content (AvgIpc) is 3.10. The van der Waals surface area contributed by atoms with Gasteiger partial charge in [0.2, 0.25) is 0 Å². The number of hydrogen-bond donors (Lipinski definition) is 1. The zero-order chi connectivity index (χ0) is 20.9. The van der Waals surface area contributed by atoms with Crippen LogP contribution in [-0.2, 0) is 4.74 Å². The minimum atomic E-state index is -0.534. The molecule has 30 heavy (non-hydrogen) atoms. The number of fused-ring (bicyclic) bond motifs is 3. The monoisotopic (exact) mass is 398 g/mol. The van der Waals surface area contributed by atoms with Crippen molar-refractivity contribution < 1.29 is 13.9 Å². The lowest BCUT2D eigenvalue weighted by Crippen LogP contribution is -2.26. The van der Waals surface area contributed by atoms with E-state index < -0.39 is 11.9 Å². The molecule has 1 aliphatic carbocycles. The van der Waals surface area contributed by atoms with Crippen molar-refractivity contribution in [2.24, 2.45) is 0 Å². The summed E-state index contributed by atoms with van der Waals surface area (Å²) in [6.07, 6.45) is 2.61. The molecule has 4 nitrogen and oxygen atoms in total. The van der Waals surface area contributed by atoms with Crippen LogP contribution < -0.4 is 5.32 Å². The molecule has 0 saturated heterocycles. The zero-order valence-corrected chi connectivity index (χ0v) is 16.1. The van der Waals surface area contributed by atoms with Crippen molar-refractivity contribution >= 4 is 12.2 Å².